The Bertz CT molecular complexity index is 2260. The van der Waals surface area contributed by atoms with Crippen LogP contribution in [0.2, 0.25) is 0 Å². The standard InChI is InChI=1S/C58H66N4/c1-57(2,3)55-33-25-47(26-34-55)23-31-53-41-52(30-22-46-15-19-50(20-16-46)44-60-38-12-40-62(9)10)54(32-24-48-27-35-56(36-28-48)58(4,5)6)42-51(53)29-21-45-13-17-49(18-14-45)43-59-37-11-39-61(7)8/h13-22,25-30,33-36,41-44H,11-12,37-40H2,1-10H3/b29-21+,30-22+,59-43?,60-44?. The zero-order valence-corrected chi connectivity index (χ0v) is 38.9. The summed E-state index contributed by atoms with van der Waals surface area (Å²) in [6.07, 6.45) is 14.7. The number of hydrogen-bond donors (Lipinski definition) is 0. The van der Waals surface area contributed by atoms with Crippen LogP contribution in [0.15, 0.2) is 119 Å². The van der Waals surface area contributed by atoms with Gasteiger partial charge >= 0.3 is 0 Å². The largest absolute Gasteiger partial charge is 0.309 e. The Balaban J connectivity index is 1.53. The van der Waals surface area contributed by atoms with Gasteiger partial charge in [0.25, 0.3) is 0 Å². The van der Waals surface area contributed by atoms with E-state index in [9.17, 15) is 0 Å². The van der Waals surface area contributed by atoms with Crippen molar-refractivity contribution in [3.05, 3.63) is 176 Å². The van der Waals surface area contributed by atoms with E-state index < -0.39 is 0 Å². The van der Waals surface area contributed by atoms with Crippen LogP contribution >= 0.6 is 0 Å². The van der Waals surface area contributed by atoms with Crippen LogP contribution in [0.4, 0.5) is 0 Å². The molecule has 0 saturated carbocycles. The summed E-state index contributed by atoms with van der Waals surface area (Å²) >= 11 is 0. The fourth-order valence-electron chi connectivity index (χ4n) is 6.57. The van der Waals surface area contributed by atoms with Gasteiger partial charge in [0.15, 0.2) is 0 Å². The minimum Gasteiger partial charge on any atom is -0.309 e. The van der Waals surface area contributed by atoms with E-state index in [1.807, 2.05) is 12.4 Å². The second-order valence-corrected chi connectivity index (χ2v) is 18.6. The third kappa shape index (κ3) is 15.8. The van der Waals surface area contributed by atoms with Gasteiger partial charge in [0.1, 0.15) is 0 Å². The normalized spacial score (nSPS) is 12.2. The van der Waals surface area contributed by atoms with Gasteiger partial charge in [-0.1, -0.05) is 162 Å². The molecule has 0 aliphatic heterocycles. The summed E-state index contributed by atoms with van der Waals surface area (Å²) in [7, 11) is 8.38. The molecule has 5 aromatic carbocycles. The number of rotatable bonds is 14. The van der Waals surface area contributed by atoms with Gasteiger partial charge in [-0.15, -0.1) is 0 Å². The molecule has 0 spiro atoms. The molecular weight excluding hydrogens is 753 g/mol. The summed E-state index contributed by atoms with van der Waals surface area (Å²) in [4.78, 5) is 13.6. The number of hydrogen-bond acceptors (Lipinski definition) is 4. The van der Waals surface area contributed by atoms with Crippen molar-refractivity contribution in [3.63, 3.8) is 0 Å². The van der Waals surface area contributed by atoms with Gasteiger partial charge in [0, 0.05) is 47.8 Å². The molecule has 0 radical (unpaired) electrons. The average molecular weight is 819 g/mol. The predicted molar refractivity (Wildman–Crippen MR) is 271 cm³/mol. The monoisotopic (exact) mass is 819 g/mol. The second kappa shape index (κ2) is 22.7. The Hall–Kier alpha value is -6.04. The van der Waals surface area contributed by atoms with Crippen molar-refractivity contribution in [3.8, 4) is 23.7 Å². The number of nitrogens with zero attached hydrogens (tertiary/aromatic N) is 4. The van der Waals surface area contributed by atoms with Crippen molar-refractivity contribution < 1.29 is 0 Å². The van der Waals surface area contributed by atoms with Crippen LogP contribution in [-0.4, -0.2) is 76.6 Å². The zero-order valence-electron chi connectivity index (χ0n) is 38.9. The van der Waals surface area contributed by atoms with Crippen molar-refractivity contribution in [2.75, 3.05) is 54.4 Å². The van der Waals surface area contributed by atoms with E-state index in [4.69, 9.17) is 0 Å². The van der Waals surface area contributed by atoms with Gasteiger partial charge in [0.05, 0.1) is 0 Å². The van der Waals surface area contributed by atoms with E-state index in [0.29, 0.717) is 0 Å². The van der Waals surface area contributed by atoms with Crippen molar-refractivity contribution in [2.45, 2.75) is 65.2 Å². The minimum atomic E-state index is 0.0767. The van der Waals surface area contributed by atoms with E-state index in [1.54, 1.807) is 0 Å². The maximum atomic E-state index is 4.63. The third-order valence-corrected chi connectivity index (χ3v) is 10.5. The molecule has 0 aliphatic rings. The van der Waals surface area contributed by atoms with Gasteiger partial charge in [0.2, 0.25) is 0 Å². The van der Waals surface area contributed by atoms with Crippen molar-refractivity contribution in [1.82, 2.24) is 9.80 Å². The lowest BCUT2D eigenvalue weighted by molar-refractivity contribution is 0.403. The van der Waals surface area contributed by atoms with E-state index in [2.05, 4.69) is 247 Å². The maximum absolute atomic E-state index is 4.63. The molecule has 0 aliphatic carbocycles. The Morgan fingerprint density at radius 1 is 0.435 bits per heavy atom. The van der Waals surface area contributed by atoms with Crippen molar-refractivity contribution >= 4 is 36.7 Å². The Morgan fingerprint density at radius 2 is 0.774 bits per heavy atom. The summed E-state index contributed by atoms with van der Waals surface area (Å²) in [5, 5.41) is 0. The third-order valence-electron chi connectivity index (χ3n) is 10.5. The molecule has 0 heterocycles. The molecule has 0 N–H and O–H groups in total. The molecule has 318 valence electrons. The van der Waals surface area contributed by atoms with Crippen LogP contribution in [-0.2, 0) is 10.8 Å². The smallest absolute Gasteiger partial charge is 0.0401 e. The molecule has 4 nitrogen and oxygen atoms in total. The highest BCUT2D eigenvalue weighted by molar-refractivity contribution is 5.83. The first kappa shape index (κ1) is 47.0. The van der Waals surface area contributed by atoms with Crippen molar-refractivity contribution in [1.29, 1.82) is 0 Å². The Morgan fingerprint density at radius 3 is 1.10 bits per heavy atom. The van der Waals surface area contributed by atoms with Gasteiger partial charge in [-0.25, -0.2) is 0 Å². The highest BCUT2D eigenvalue weighted by Crippen LogP contribution is 2.25. The van der Waals surface area contributed by atoms with E-state index in [-0.39, 0.29) is 10.8 Å². The number of benzene rings is 5. The van der Waals surface area contributed by atoms with E-state index in [1.165, 1.54) is 11.1 Å². The highest BCUT2D eigenvalue weighted by Gasteiger charge is 2.14. The molecule has 5 aromatic rings. The molecule has 5 rings (SSSR count). The van der Waals surface area contributed by atoms with Crippen LogP contribution in [0.1, 0.15) is 121 Å². The SMILES string of the molecule is CN(C)CCCN=Cc1ccc(/C=C/c2cc(C#Cc3ccc(C(C)(C)C)cc3)c(/C=C/c3ccc(C=NCCCN(C)C)cc3)cc2C#Cc2ccc(C(C)(C)C)cc2)cc1. The Kier molecular flexibility index (Phi) is 17.2. The van der Waals surface area contributed by atoms with E-state index in [0.717, 1.165) is 94.7 Å². The maximum Gasteiger partial charge on any atom is 0.0401 e. The molecule has 0 aromatic heterocycles. The van der Waals surface area contributed by atoms with Crippen LogP contribution in [0, 0.1) is 23.7 Å². The average Bonchev–Trinajstić information content (AvgIpc) is 3.24. The summed E-state index contributed by atoms with van der Waals surface area (Å²) in [6.45, 7) is 17.1. The minimum absolute atomic E-state index is 0.0767. The van der Waals surface area contributed by atoms with Gasteiger partial charge < -0.3 is 9.80 Å². The molecular formula is C58H66N4. The summed E-state index contributed by atoms with van der Waals surface area (Å²) < 4.78 is 0. The fourth-order valence-corrected chi connectivity index (χ4v) is 6.57. The molecule has 0 bridgehead atoms. The van der Waals surface area contributed by atoms with Crippen LogP contribution in [0.3, 0.4) is 0 Å². The molecule has 4 heteroatoms. The molecule has 0 atom stereocenters. The first-order valence-corrected chi connectivity index (χ1v) is 21.9. The number of aliphatic imine (C=N–C) groups is 2. The van der Waals surface area contributed by atoms with E-state index >= 15 is 0 Å². The molecule has 0 unspecified atom stereocenters. The zero-order chi connectivity index (χ0) is 44.5. The van der Waals surface area contributed by atoms with Gasteiger partial charge in [-0.3, -0.25) is 9.98 Å². The molecule has 0 fully saturated rings. The topological polar surface area (TPSA) is 31.2 Å². The quantitative estimate of drug-likeness (QED) is 0.0484. The lowest BCUT2D eigenvalue weighted by Gasteiger charge is -2.18. The first-order valence-electron chi connectivity index (χ1n) is 21.9. The lowest BCUT2D eigenvalue weighted by atomic mass is 9.87. The summed E-state index contributed by atoms with van der Waals surface area (Å²) in [6, 6.07) is 38.7. The van der Waals surface area contributed by atoms with Crippen LogP contribution in [0.25, 0.3) is 24.3 Å². The van der Waals surface area contributed by atoms with Crippen molar-refractivity contribution in [2.24, 2.45) is 9.98 Å². The predicted octanol–water partition coefficient (Wildman–Crippen LogP) is 12.2. The lowest BCUT2D eigenvalue weighted by Crippen LogP contribution is -2.13. The van der Waals surface area contributed by atoms with Gasteiger partial charge in [-0.05, 0) is 146 Å². The second-order valence-electron chi connectivity index (χ2n) is 18.6. The molecule has 0 amide bonds. The molecule has 62 heavy (non-hydrogen) atoms. The van der Waals surface area contributed by atoms with Crippen LogP contribution < -0.4 is 0 Å². The molecule has 0 saturated heterocycles. The van der Waals surface area contributed by atoms with Crippen LogP contribution in [0.5, 0.6) is 0 Å². The fraction of sp³-hybridized carbons (Fsp3) is 0.310. The van der Waals surface area contributed by atoms with Gasteiger partial charge in [-0.2, -0.15) is 0 Å². The summed E-state index contributed by atoms with van der Waals surface area (Å²) in [5.41, 5.74) is 13.0. The highest BCUT2D eigenvalue weighted by atomic mass is 15.1. The summed E-state index contributed by atoms with van der Waals surface area (Å²) in [5.74, 6) is 14.1. The Labute approximate surface area is 374 Å². The first-order chi connectivity index (χ1) is 29.6.